The number of ether oxygens (including phenoxy) is 1. The van der Waals surface area contributed by atoms with Gasteiger partial charge in [-0.2, -0.15) is 5.10 Å². The van der Waals surface area contributed by atoms with Crippen molar-refractivity contribution in [3.63, 3.8) is 0 Å². The van der Waals surface area contributed by atoms with Crippen molar-refractivity contribution in [1.82, 2.24) is 19.6 Å². The number of rotatable bonds is 5. The molecule has 2 aliphatic heterocycles. The lowest BCUT2D eigenvalue weighted by Gasteiger charge is -2.32. The van der Waals surface area contributed by atoms with E-state index in [1.165, 1.54) is 9.58 Å². The lowest BCUT2D eigenvalue weighted by atomic mass is 9.95. The average molecular weight is 336 g/mol. The summed E-state index contributed by atoms with van der Waals surface area (Å²) in [5.41, 5.74) is 0.800. The fraction of sp³-hybridized carbons (Fsp3) is 0.600. The third kappa shape index (κ3) is 3.66. The highest BCUT2D eigenvalue weighted by Gasteiger charge is 2.30. The maximum Gasteiger partial charge on any atom is 0.410 e. The molecule has 2 aliphatic rings. The van der Waals surface area contributed by atoms with Gasteiger partial charge in [0.05, 0.1) is 12.2 Å². The van der Waals surface area contributed by atoms with Gasteiger partial charge in [-0.25, -0.2) is 4.79 Å². The molecule has 3 heterocycles. The van der Waals surface area contributed by atoms with Crippen LogP contribution in [0.2, 0.25) is 0 Å². The maximum absolute atomic E-state index is 12.4. The average Bonchev–Trinajstić information content (AvgIpc) is 3.17. The predicted molar refractivity (Wildman–Crippen MR) is 81.3 cm³/mol. The van der Waals surface area contributed by atoms with E-state index in [0.29, 0.717) is 26.2 Å². The summed E-state index contributed by atoms with van der Waals surface area (Å²) >= 11 is 0. The SMILES string of the molecule is O=C(O)Cn1ccc([C@@H]2CCCN(C(=O)CN3CCOC3=O)C2)n1. The summed E-state index contributed by atoms with van der Waals surface area (Å²) in [6, 6.07) is 1.80. The molecule has 1 atom stereocenters. The number of amides is 2. The van der Waals surface area contributed by atoms with Crippen LogP contribution in [0.5, 0.6) is 0 Å². The zero-order chi connectivity index (χ0) is 17.1. The molecular formula is C15H20N4O5. The highest BCUT2D eigenvalue weighted by Crippen LogP contribution is 2.25. The van der Waals surface area contributed by atoms with Crippen molar-refractivity contribution in [3.8, 4) is 0 Å². The Hall–Kier alpha value is -2.58. The third-order valence-corrected chi connectivity index (χ3v) is 4.32. The Balaban J connectivity index is 1.59. The molecule has 0 unspecified atom stereocenters. The van der Waals surface area contributed by atoms with Crippen LogP contribution in [0.15, 0.2) is 12.3 Å². The largest absolute Gasteiger partial charge is 0.480 e. The van der Waals surface area contributed by atoms with Gasteiger partial charge in [0.2, 0.25) is 5.91 Å². The number of nitrogens with zero attached hydrogens (tertiary/aromatic N) is 4. The normalized spacial score (nSPS) is 21.0. The predicted octanol–water partition coefficient (Wildman–Crippen LogP) is 0.126. The number of hydrogen-bond acceptors (Lipinski definition) is 5. The van der Waals surface area contributed by atoms with Gasteiger partial charge < -0.3 is 14.7 Å². The fourth-order valence-electron chi connectivity index (χ4n) is 3.10. The number of aliphatic carboxylic acids is 1. The van der Waals surface area contributed by atoms with Crippen LogP contribution in [0, 0.1) is 0 Å². The number of carboxylic acid groups (broad SMARTS) is 1. The van der Waals surface area contributed by atoms with Crippen LogP contribution in [0.4, 0.5) is 4.79 Å². The molecule has 2 amide bonds. The molecule has 2 saturated heterocycles. The fourth-order valence-corrected chi connectivity index (χ4v) is 3.10. The Morgan fingerprint density at radius 1 is 1.33 bits per heavy atom. The summed E-state index contributed by atoms with van der Waals surface area (Å²) in [5, 5.41) is 13.1. The van der Waals surface area contributed by atoms with Gasteiger partial charge in [0.25, 0.3) is 0 Å². The molecule has 9 heteroatoms. The Labute approximate surface area is 138 Å². The zero-order valence-corrected chi connectivity index (χ0v) is 13.3. The minimum atomic E-state index is -0.942. The van der Waals surface area contributed by atoms with Crippen LogP contribution in [0.3, 0.4) is 0 Å². The lowest BCUT2D eigenvalue weighted by molar-refractivity contribution is -0.138. The molecule has 0 bridgehead atoms. The first-order valence-corrected chi connectivity index (χ1v) is 7.97. The van der Waals surface area contributed by atoms with Crippen molar-refractivity contribution in [2.24, 2.45) is 0 Å². The van der Waals surface area contributed by atoms with Gasteiger partial charge in [-0.1, -0.05) is 0 Å². The Morgan fingerprint density at radius 2 is 2.17 bits per heavy atom. The number of carbonyl (C=O) groups excluding carboxylic acids is 2. The third-order valence-electron chi connectivity index (χ3n) is 4.32. The van der Waals surface area contributed by atoms with Crippen LogP contribution < -0.4 is 0 Å². The van der Waals surface area contributed by atoms with Crippen molar-refractivity contribution in [2.75, 3.05) is 32.8 Å². The van der Waals surface area contributed by atoms with Gasteiger partial charge in [-0.05, 0) is 18.9 Å². The molecular weight excluding hydrogens is 316 g/mol. The number of carboxylic acids is 1. The van der Waals surface area contributed by atoms with Crippen molar-refractivity contribution in [3.05, 3.63) is 18.0 Å². The van der Waals surface area contributed by atoms with E-state index < -0.39 is 12.1 Å². The number of aromatic nitrogens is 2. The van der Waals surface area contributed by atoms with E-state index in [2.05, 4.69) is 5.10 Å². The second-order valence-corrected chi connectivity index (χ2v) is 6.05. The molecule has 0 saturated carbocycles. The van der Waals surface area contributed by atoms with E-state index in [4.69, 9.17) is 9.84 Å². The molecule has 0 radical (unpaired) electrons. The minimum absolute atomic E-state index is 0.0407. The van der Waals surface area contributed by atoms with Crippen molar-refractivity contribution < 1.29 is 24.2 Å². The summed E-state index contributed by atoms with van der Waals surface area (Å²) < 4.78 is 6.22. The molecule has 0 spiro atoms. The maximum atomic E-state index is 12.4. The van der Waals surface area contributed by atoms with Gasteiger partial charge >= 0.3 is 12.1 Å². The van der Waals surface area contributed by atoms with Crippen LogP contribution in [-0.4, -0.2) is 75.4 Å². The number of hydrogen-bond donors (Lipinski definition) is 1. The van der Waals surface area contributed by atoms with Crippen LogP contribution in [0.1, 0.15) is 24.5 Å². The smallest absolute Gasteiger partial charge is 0.410 e. The molecule has 130 valence electrons. The molecule has 1 aromatic heterocycles. The van der Waals surface area contributed by atoms with Crippen LogP contribution in [-0.2, 0) is 20.9 Å². The van der Waals surface area contributed by atoms with Gasteiger partial charge in [0, 0.05) is 25.2 Å². The molecule has 3 rings (SSSR count). The topological polar surface area (TPSA) is 105 Å². The van der Waals surface area contributed by atoms with Gasteiger partial charge in [-0.3, -0.25) is 19.2 Å². The van der Waals surface area contributed by atoms with E-state index >= 15 is 0 Å². The highest BCUT2D eigenvalue weighted by atomic mass is 16.6. The van der Waals surface area contributed by atoms with Crippen molar-refractivity contribution in [2.45, 2.75) is 25.3 Å². The first-order valence-electron chi connectivity index (χ1n) is 7.97. The summed E-state index contributed by atoms with van der Waals surface area (Å²) in [4.78, 5) is 37.7. The summed E-state index contributed by atoms with van der Waals surface area (Å²) in [6.07, 6.45) is 2.96. The molecule has 0 aromatic carbocycles. The summed E-state index contributed by atoms with van der Waals surface area (Å²) in [5.74, 6) is -0.950. The first kappa shape index (κ1) is 16.3. The van der Waals surface area contributed by atoms with E-state index in [1.54, 1.807) is 17.2 Å². The molecule has 0 aliphatic carbocycles. The van der Waals surface area contributed by atoms with E-state index in [-0.39, 0.29) is 24.9 Å². The van der Waals surface area contributed by atoms with Crippen LogP contribution >= 0.6 is 0 Å². The van der Waals surface area contributed by atoms with Gasteiger partial charge in [0.1, 0.15) is 19.7 Å². The number of cyclic esters (lactones) is 1. The van der Waals surface area contributed by atoms with E-state index in [9.17, 15) is 14.4 Å². The lowest BCUT2D eigenvalue weighted by Crippen LogP contribution is -2.45. The van der Waals surface area contributed by atoms with E-state index in [1.807, 2.05) is 0 Å². The molecule has 24 heavy (non-hydrogen) atoms. The quantitative estimate of drug-likeness (QED) is 0.819. The standard InChI is InChI=1S/C15H20N4O5/c20-13(9-18-6-7-24-15(18)23)17-4-1-2-11(8-17)12-3-5-19(16-12)10-14(21)22/h3,5,11H,1-2,4,6-10H2,(H,21,22)/t11-/m1/s1. The van der Waals surface area contributed by atoms with Crippen LogP contribution in [0.25, 0.3) is 0 Å². The van der Waals surface area contributed by atoms with Crippen molar-refractivity contribution >= 4 is 18.0 Å². The number of carbonyl (C=O) groups is 3. The summed E-state index contributed by atoms with van der Waals surface area (Å²) in [7, 11) is 0. The second-order valence-electron chi connectivity index (χ2n) is 6.05. The first-order chi connectivity index (χ1) is 11.5. The molecule has 9 nitrogen and oxygen atoms in total. The Kier molecular flexibility index (Phi) is 4.68. The Bertz CT molecular complexity index is 644. The van der Waals surface area contributed by atoms with Gasteiger partial charge in [0.15, 0.2) is 0 Å². The number of likely N-dealkylation sites (tertiary alicyclic amines) is 1. The molecule has 2 fully saturated rings. The van der Waals surface area contributed by atoms with E-state index in [0.717, 1.165) is 18.5 Å². The zero-order valence-electron chi connectivity index (χ0n) is 13.3. The van der Waals surface area contributed by atoms with Gasteiger partial charge in [-0.15, -0.1) is 0 Å². The summed E-state index contributed by atoms with van der Waals surface area (Å²) in [6.45, 7) is 1.84. The molecule has 1 aromatic rings. The highest BCUT2D eigenvalue weighted by molar-refractivity contribution is 5.83. The molecule has 1 N–H and O–H groups in total. The number of piperidine rings is 1. The second kappa shape index (κ2) is 6.90. The van der Waals surface area contributed by atoms with Crippen molar-refractivity contribution in [1.29, 1.82) is 0 Å². The monoisotopic (exact) mass is 336 g/mol. The minimum Gasteiger partial charge on any atom is -0.480 e. The Morgan fingerprint density at radius 3 is 2.88 bits per heavy atom.